The maximum atomic E-state index is 12.8. The lowest BCUT2D eigenvalue weighted by molar-refractivity contribution is -0.182. The fraction of sp³-hybridized carbons (Fsp3) is 0.600. The van der Waals surface area contributed by atoms with Crippen LogP contribution in [0.15, 0.2) is 12.4 Å². The Morgan fingerprint density at radius 3 is 2.72 bits per heavy atom. The summed E-state index contributed by atoms with van der Waals surface area (Å²) in [5.41, 5.74) is 5.03. The molecule has 1 saturated heterocycles. The van der Waals surface area contributed by atoms with Gasteiger partial charge in [0.15, 0.2) is 0 Å². The second kappa shape index (κ2) is 4.60. The van der Waals surface area contributed by atoms with E-state index in [1.807, 2.05) is 0 Å². The molecule has 0 bridgehead atoms. The second-order valence-corrected chi connectivity index (χ2v) is 4.39. The summed E-state index contributed by atoms with van der Waals surface area (Å²) in [6.07, 6.45) is -1.28. The molecule has 0 spiro atoms. The standard InChI is InChI=1S/C10H13F3N4O/c11-10(12,13)7-4-17(3-6(7)9(14)18)5-8-15-1-2-16-8/h1-2,6-7H,3-5H2,(H2,14,18)(H,15,16)/t6-,7-/m1/s1. The summed E-state index contributed by atoms with van der Waals surface area (Å²) in [6, 6.07) is 0. The predicted molar refractivity (Wildman–Crippen MR) is 56.1 cm³/mol. The Morgan fingerprint density at radius 1 is 1.56 bits per heavy atom. The number of nitrogens with zero attached hydrogens (tertiary/aromatic N) is 2. The smallest absolute Gasteiger partial charge is 0.369 e. The zero-order valence-corrected chi connectivity index (χ0v) is 9.44. The third-order valence-electron chi connectivity index (χ3n) is 3.11. The molecule has 1 aromatic rings. The van der Waals surface area contributed by atoms with Gasteiger partial charge in [-0.25, -0.2) is 4.98 Å². The quantitative estimate of drug-likeness (QED) is 0.833. The third-order valence-corrected chi connectivity index (χ3v) is 3.11. The van der Waals surface area contributed by atoms with Crippen LogP contribution in [0.3, 0.4) is 0 Å². The number of aromatic nitrogens is 2. The molecule has 2 heterocycles. The Hall–Kier alpha value is -1.57. The largest absolute Gasteiger partial charge is 0.393 e. The van der Waals surface area contributed by atoms with Gasteiger partial charge < -0.3 is 10.7 Å². The Bertz CT molecular complexity index is 417. The fourth-order valence-corrected chi connectivity index (χ4v) is 2.23. The van der Waals surface area contributed by atoms with Crippen LogP contribution in [0.1, 0.15) is 5.82 Å². The number of H-pyrrole nitrogens is 1. The monoisotopic (exact) mass is 262 g/mol. The first kappa shape index (κ1) is 12.9. The number of primary amides is 1. The van der Waals surface area contributed by atoms with Gasteiger partial charge in [0.2, 0.25) is 5.91 Å². The first-order valence-corrected chi connectivity index (χ1v) is 5.44. The van der Waals surface area contributed by atoms with Gasteiger partial charge in [0, 0.05) is 25.5 Å². The van der Waals surface area contributed by atoms with E-state index in [1.165, 1.54) is 11.1 Å². The molecule has 1 fully saturated rings. The molecule has 0 radical (unpaired) electrons. The number of rotatable bonds is 3. The fourth-order valence-electron chi connectivity index (χ4n) is 2.23. The van der Waals surface area contributed by atoms with E-state index in [-0.39, 0.29) is 19.6 Å². The van der Waals surface area contributed by atoms with Crippen molar-refractivity contribution in [3.05, 3.63) is 18.2 Å². The number of aromatic amines is 1. The molecule has 2 rings (SSSR count). The number of hydrogen-bond donors (Lipinski definition) is 2. The van der Waals surface area contributed by atoms with Crippen LogP contribution in [0.4, 0.5) is 13.2 Å². The number of nitrogens with one attached hydrogen (secondary N) is 1. The Kier molecular flexibility index (Phi) is 3.29. The zero-order chi connectivity index (χ0) is 13.3. The number of alkyl halides is 3. The van der Waals surface area contributed by atoms with Gasteiger partial charge in [-0.1, -0.05) is 0 Å². The van der Waals surface area contributed by atoms with Gasteiger partial charge in [-0.15, -0.1) is 0 Å². The maximum Gasteiger partial charge on any atom is 0.393 e. The molecule has 1 amide bonds. The van der Waals surface area contributed by atoms with E-state index in [0.29, 0.717) is 5.82 Å². The van der Waals surface area contributed by atoms with Crippen molar-refractivity contribution in [2.24, 2.45) is 17.6 Å². The molecular formula is C10H13F3N4O. The Morgan fingerprint density at radius 2 is 2.28 bits per heavy atom. The van der Waals surface area contributed by atoms with E-state index in [1.54, 1.807) is 6.20 Å². The summed E-state index contributed by atoms with van der Waals surface area (Å²) in [4.78, 5) is 19.4. The van der Waals surface area contributed by atoms with Gasteiger partial charge in [-0.2, -0.15) is 13.2 Å². The van der Waals surface area contributed by atoms with Crippen LogP contribution < -0.4 is 5.73 Å². The molecule has 2 atom stereocenters. The molecule has 18 heavy (non-hydrogen) atoms. The van der Waals surface area contributed by atoms with Crippen LogP contribution in [0.2, 0.25) is 0 Å². The van der Waals surface area contributed by atoms with Crippen molar-refractivity contribution in [1.82, 2.24) is 14.9 Å². The molecule has 0 saturated carbocycles. The van der Waals surface area contributed by atoms with Crippen molar-refractivity contribution in [3.63, 3.8) is 0 Å². The van der Waals surface area contributed by atoms with E-state index in [0.717, 1.165) is 0 Å². The lowest BCUT2D eigenvalue weighted by Gasteiger charge is -2.18. The third kappa shape index (κ3) is 2.63. The number of amides is 1. The average molecular weight is 262 g/mol. The molecule has 5 nitrogen and oxygen atoms in total. The van der Waals surface area contributed by atoms with Crippen molar-refractivity contribution in [1.29, 1.82) is 0 Å². The summed E-state index contributed by atoms with van der Waals surface area (Å²) in [5.74, 6) is -3.20. The SMILES string of the molecule is NC(=O)[C@@H]1CN(Cc2ncc[nH]2)C[C@H]1C(F)(F)F. The van der Waals surface area contributed by atoms with Crippen LogP contribution in [0.5, 0.6) is 0 Å². The molecule has 0 aliphatic carbocycles. The topological polar surface area (TPSA) is 75.0 Å². The summed E-state index contributed by atoms with van der Waals surface area (Å²) < 4.78 is 38.3. The van der Waals surface area contributed by atoms with Crippen molar-refractivity contribution in [2.45, 2.75) is 12.7 Å². The van der Waals surface area contributed by atoms with Crippen molar-refractivity contribution in [3.8, 4) is 0 Å². The summed E-state index contributed by atoms with van der Waals surface area (Å²) in [6.45, 7) is 0.0430. The van der Waals surface area contributed by atoms with Gasteiger partial charge in [-0.05, 0) is 0 Å². The molecule has 1 aliphatic rings. The normalized spacial score (nSPS) is 25.5. The molecule has 1 aliphatic heterocycles. The lowest BCUT2D eigenvalue weighted by atomic mass is 9.95. The van der Waals surface area contributed by atoms with Gasteiger partial charge in [0.1, 0.15) is 5.82 Å². The zero-order valence-electron chi connectivity index (χ0n) is 9.44. The number of carbonyl (C=O) groups excluding carboxylic acids is 1. The molecule has 3 N–H and O–H groups in total. The van der Waals surface area contributed by atoms with E-state index in [4.69, 9.17) is 5.73 Å². The van der Waals surface area contributed by atoms with Crippen LogP contribution in [0.25, 0.3) is 0 Å². The van der Waals surface area contributed by atoms with Gasteiger partial charge in [-0.3, -0.25) is 9.69 Å². The molecule has 0 aromatic carbocycles. The van der Waals surface area contributed by atoms with E-state index in [9.17, 15) is 18.0 Å². The van der Waals surface area contributed by atoms with Gasteiger partial charge in [0.25, 0.3) is 0 Å². The molecule has 0 unspecified atom stereocenters. The number of halogens is 3. The minimum atomic E-state index is -4.41. The van der Waals surface area contributed by atoms with E-state index < -0.39 is 23.9 Å². The van der Waals surface area contributed by atoms with Gasteiger partial charge in [0.05, 0.1) is 18.4 Å². The van der Waals surface area contributed by atoms with Crippen molar-refractivity contribution in [2.75, 3.05) is 13.1 Å². The highest BCUT2D eigenvalue weighted by atomic mass is 19.4. The predicted octanol–water partition coefficient (Wildman–Crippen LogP) is 0.505. The van der Waals surface area contributed by atoms with Crippen molar-refractivity contribution >= 4 is 5.91 Å². The van der Waals surface area contributed by atoms with Crippen LogP contribution in [-0.2, 0) is 11.3 Å². The van der Waals surface area contributed by atoms with Gasteiger partial charge >= 0.3 is 6.18 Å². The number of nitrogens with two attached hydrogens (primary N) is 1. The number of hydrogen-bond acceptors (Lipinski definition) is 3. The van der Waals surface area contributed by atoms with E-state index in [2.05, 4.69) is 9.97 Å². The highest BCUT2D eigenvalue weighted by molar-refractivity contribution is 5.77. The van der Waals surface area contributed by atoms with Crippen LogP contribution in [0, 0.1) is 11.8 Å². The highest BCUT2D eigenvalue weighted by Crippen LogP contribution is 2.37. The van der Waals surface area contributed by atoms with Crippen molar-refractivity contribution < 1.29 is 18.0 Å². The van der Waals surface area contributed by atoms with E-state index >= 15 is 0 Å². The average Bonchev–Trinajstić information content (AvgIpc) is 2.85. The Balaban J connectivity index is 2.07. The number of likely N-dealkylation sites (tertiary alicyclic amines) is 1. The summed E-state index contributed by atoms with van der Waals surface area (Å²) >= 11 is 0. The number of imidazole rings is 1. The molecule has 8 heteroatoms. The molecular weight excluding hydrogens is 249 g/mol. The minimum Gasteiger partial charge on any atom is -0.369 e. The number of carbonyl (C=O) groups is 1. The summed E-state index contributed by atoms with van der Waals surface area (Å²) in [5, 5.41) is 0. The first-order chi connectivity index (χ1) is 8.38. The van der Waals surface area contributed by atoms with Crippen LogP contribution >= 0.6 is 0 Å². The maximum absolute atomic E-state index is 12.8. The summed E-state index contributed by atoms with van der Waals surface area (Å²) in [7, 11) is 0. The minimum absolute atomic E-state index is 0.0141. The first-order valence-electron chi connectivity index (χ1n) is 5.44. The second-order valence-electron chi connectivity index (χ2n) is 4.39. The lowest BCUT2D eigenvalue weighted by Crippen LogP contribution is -2.37. The highest BCUT2D eigenvalue weighted by Gasteiger charge is 2.51. The molecule has 1 aromatic heterocycles. The Labute approximate surface area is 101 Å². The molecule has 100 valence electrons. The van der Waals surface area contributed by atoms with Crippen LogP contribution in [-0.4, -0.2) is 40.0 Å².